The molecule has 0 aliphatic rings. The van der Waals surface area contributed by atoms with E-state index in [9.17, 15) is 5.11 Å². The second kappa shape index (κ2) is 6.17. The summed E-state index contributed by atoms with van der Waals surface area (Å²) in [4.78, 5) is 0. The van der Waals surface area contributed by atoms with Gasteiger partial charge in [-0.3, -0.25) is 0 Å². The number of alkyl halides is 1. The van der Waals surface area contributed by atoms with Gasteiger partial charge in [0.15, 0.2) is 0 Å². The largest absolute Gasteiger partial charge is 0.390 e. The Balaban J connectivity index is 2.91. The number of benzene rings is 1. The zero-order valence-electron chi connectivity index (χ0n) is 8.17. The van der Waals surface area contributed by atoms with Gasteiger partial charge in [-0.1, -0.05) is 23.2 Å². The third kappa shape index (κ3) is 3.43. The van der Waals surface area contributed by atoms with Gasteiger partial charge >= 0.3 is 0 Å². The quantitative estimate of drug-likeness (QED) is 0.833. The molecule has 2 N–H and O–H groups in total. The van der Waals surface area contributed by atoms with Crippen molar-refractivity contribution in [3.63, 3.8) is 0 Å². The van der Waals surface area contributed by atoms with Crippen molar-refractivity contribution in [3.8, 4) is 6.07 Å². The summed E-state index contributed by atoms with van der Waals surface area (Å²) in [6, 6.07) is 5.00. The van der Waals surface area contributed by atoms with Crippen LogP contribution in [0.1, 0.15) is 5.56 Å². The number of hydrogen-bond donors (Lipinski definition) is 2. The molecule has 0 saturated carbocycles. The van der Waals surface area contributed by atoms with Gasteiger partial charge in [-0.05, 0) is 12.1 Å². The lowest BCUT2D eigenvalue weighted by Crippen LogP contribution is -2.21. The van der Waals surface area contributed by atoms with Crippen LogP contribution in [0.2, 0.25) is 10.0 Å². The first-order valence-corrected chi connectivity index (χ1v) is 5.74. The molecule has 0 spiro atoms. The predicted octanol–water partition coefficient (Wildman–Crippen LogP) is 2.88. The van der Waals surface area contributed by atoms with E-state index in [0.717, 1.165) is 0 Å². The van der Waals surface area contributed by atoms with Gasteiger partial charge in [0.2, 0.25) is 0 Å². The third-order valence-electron chi connectivity index (χ3n) is 1.87. The molecule has 0 bridgehead atoms. The first kappa shape index (κ1) is 13.4. The minimum absolute atomic E-state index is 0.111. The topological polar surface area (TPSA) is 56.0 Å². The minimum Gasteiger partial charge on any atom is -0.390 e. The van der Waals surface area contributed by atoms with Crippen molar-refractivity contribution in [2.24, 2.45) is 0 Å². The molecule has 0 aliphatic carbocycles. The number of nitriles is 1. The molecular formula is C10H9Cl3N2O. The molecule has 0 fully saturated rings. The zero-order valence-corrected chi connectivity index (χ0v) is 10.4. The van der Waals surface area contributed by atoms with E-state index in [4.69, 9.17) is 40.1 Å². The van der Waals surface area contributed by atoms with Crippen LogP contribution in [0.25, 0.3) is 0 Å². The van der Waals surface area contributed by atoms with Crippen LogP contribution in [0.15, 0.2) is 12.1 Å². The van der Waals surface area contributed by atoms with E-state index in [-0.39, 0.29) is 12.4 Å². The fourth-order valence-electron chi connectivity index (χ4n) is 1.12. The Labute approximate surface area is 109 Å². The summed E-state index contributed by atoms with van der Waals surface area (Å²) in [5, 5.41) is 21.8. The summed E-state index contributed by atoms with van der Waals surface area (Å²) in [6.07, 6.45) is -0.694. The van der Waals surface area contributed by atoms with Gasteiger partial charge in [0.05, 0.1) is 28.3 Å². The van der Waals surface area contributed by atoms with E-state index in [1.807, 2.05) is 6.07 Å². The number of aliphatic hydroxyl groups is 1. The number of anilines is 1. The summed E-state index contributed by atoms with van der Waals surface area (Å²) in [7, 11) is 0. The monoisotopic (exact) mass is 278 g/mol. The molecule has 6 heteroatoms. The Morgan fingerprint density at radius 1 is 1.44 bits per heavy atom. The Hall–Kier alpha value is -0.660. The van der Waals surface area contributed by atoms with E-state index in [2.05, 4.69) is 5.32 Å². The van der Waals surface area contributed by atoms with Gasteiger partial charge in [0.1, 0.15) is 6.07 Å². The van der Waals surface area contributed by atoms with E-state index >= 15 is 0 Å². The van der Waals surface area contributed by atoms with Crippen LogP contribution in [0.3, 0.4) is 0 Å². The Kier molecular flexibility index (Phi) is 5.17. The van der Waals surface area contributed by atoms with E-state index in [0.29, 0.717) is 21.3 Å². The van der Waals surface area contributed by atoms with Gasteiger partial charge in [0.25, 0.3) is 0 Å². The lowest BCUT2D eigenvalue weighted by molar-refractivity contribution is 0.211. The van der Waals surface area contributed by atoms with Crippen LogP contribution in [-0.4, -0.2) is 23.6 Å². The smallest absolute Gasteiger partial charge is 0.101 e. The van der Waals surface area contributed by atoms with E-state index < -0.39 is 6.10 Å². The zero-order chi connectivity index (χ0) is 12.1. The normalized spacial score (nSPS) is 11.9. The van der Waals surface area contributed by atoms with Crippen LogP contribution in [-0.2, 0) is 0 Å². The second-order valence-electron chi connectivity index (χ2n) is 3.11. The highest BCUT2D eigenvalue weighted by Crippen LogP contribution is 2.29. The molecule has 0 aliphatic heterocycles. The maximum Gasteiger partial charge on any atom is 0.101 e. The molecule has 0 heterocycles. The molecule has 0 aromatic heterocycles. The van der Waals surface area contributed by atoms with E-state index in [1.165, 1.54) is 12.1 Å². The highest BCUT2D eigenvalue weighted by atomic mass is 35.5. The maximum absolute atomic E-state index is 9.28. The number of nitrogens with one attached hydrogen (secondary N) is 1. The van der Waals surface area contributed by atoms with Crippen molar-refractivity contribution >= 4 is 40.5 Å². The van der Waals surface area contributed by atoms with Crippen molar-refractivity contribution in [2.75, 3.05) is 17.7 Å². The SMILES string of the molecule is N#Cc1cc(Cl)cc(Cl)c1NCC(O)CCl. The fourth-order valence-corrected chi connectivity index (χ4v) is 1.79. The molecular weight excluding hydrogens is 270 g/mol. The van der Waals surface area contributed by atoms with Crippen molar-refractivity contribution in [2.45, 2.75) is 6.10 Å². The summed E-state index contributed by atoms with van der Waals surface area (Å²) in [6.45, 7) is 0.222. The molecule has 0 saturated heterocycles. The standard InChI is InChI=1S/C10H9Cl3N2O/c11-3-8(16)5-15-10-6(4-14)1-7(12)2-9(10)13/h1-2,8,15-16H,3,5H2. The summed E-state index contributed by atoms with van der Waals surface area (Å²) in [5.41, 5.74) is 0.789. The van der Waals surface area contributed by atoms with Gasteiger partial charge in [-0.15, -0.1) is 11.6 Å². The average molecular weight is 280 g/mol. The van der Waals surface area contributed by atoms with Crippen molar-refractivity contribution < 1.29 is 5.11 Å². The molecule has 1 aromatic rings. The van der Waals surface area contributed by atoms with Gasteiger partial charge in [-0.2, -0.15) is 5.26 Å². The van der Waals surface area contributed by atoms with Crippen molar-refractivity contribution in [1.82, 2.24) is 0 Å². The molecule has 3 nitrogen and oxygen atoms in total. The lowest BCUT2D eigenvalue weighted by atomic mass is 10.2. The lowest BCUT2D eigenvalue weighted by Gasteiger charge is -2.13. The van der Waals surface area contributed by atoms with Gasteiger partial charge in [-0.25, -0.2) is 0 Å². The van der Waals surface area contributed by atoms with Gasteiger partial charge < -0.3 is 10.4 Å². The number of hydrogen-bond acceptors (Lipinski definition) is 3. The Bertz CT molecular complexity index is 417. The number of aliphatic hydroxyl groups excluding tert-OH is 1. The molecule has 1 rings (SSSR count). The third-order valence-corrected chi connectivity index (χ3v) is 2.74. The van der Waals surface area contributed by atoms with Gasteiger partial charge in [0, 0.05) is 11.6 Å². The maximum atomic E-state index is 9.28. The minimum atomic E-state index is -0.694. The summed E-state index contributed by atoms with van der Waals surface area (Å²) < 4.78 is 0. The highest BCUT2D eigenvalue weighted by molar-refractivity contribution is 6.36. The van der Waals surface area contributed by atoms with Crippen LogP contribution < -0.4 is 5.32 Å². The molecule has 0 amide bonds. The Morgan fingerprint density at radius 3 is 2.69 bits per heavy atom. The van der Waals surface area contributed by atoms with E-state index in [1.54, 1.807) is 0 Å². The summed E-state index contributed by atoms with van der Waals surface area (Å²) >= 11 is 17.1. The molecule has 1 aromatic carbocycles. The van der Waals surface area contributed by atoms with Crippen LogP contribution in [0, 0.1) is 11.3 Å². The molecule has 0 radical (unpaired) electrons. The number of halogens is 3. The fraction of sp³-hybridized carbons (Fsp3) is 0.300. The molecule has 16 heavy (non-hydrogen) atoms. The predicted molar refractivity (Wildman–Crippen MR) is 66.4 cm³/mol. The highest BCUT2D eigenvalue weighted by Gasteiger charge is 2.10. The molecule has 86 valence electrons. The average Bonchev–Trinajstić information content (AvgIpc) is 2.26. The second-order valence-corrected chi connectivity index (χ2v) is 4.26. The Morgan fingerprint density at radius 2 is 2.12 bits per heavy atom. The summed E-state index contributed by atoms with van der Waals surface area (Å²) in [5.74, 6) is 0.111. The van der Waals surface area contributed by atoms with Crippen molar-refractivity contribution in [3.05, 3.63) is 27.7 Å². The van der Waals surface area contributed by atoms with Crippen molar-refractivity contribution in [1.29, 1.82) is 5.26 Å². The number of nitrogens with zero attached hydrogens (tertiary/aromatic N) is 1. The molecule has 1 atom stereocenters. The first-order valence-electron chi connectivity index (χ1n) is 4.45. The first-order chi connectivity index (χ1) is 7.58. The molecule has 1 unspecified atom stereocenters. The van der Waals surface area contributed by atoms with Crippen LogP contribution >= 0.6 is 34.8 Å². The van der Waals surface area contributed by atoms with Crippen LogP contribution in [0.4, 0.5) is 5.69 Å². The van der Waals surface area contributed by atoms with Crippen LogP contribution in [0.5, 0.6) is 0 Å². The number of rotatable bonds is 4.